The van der Waals surface area contributed by atoms with Gasteiger partial charge in [0.15, 0.2) is 0 Å². The van der Waals surface area contributed by atoms with Crippen LogP contribution in [0.2, 0.25) is 0 Å². The molecule has 2 amide bonds. The van der Waals surface area contributed by atoms with Crippen molar-refractivity contribution in [2.45, 2.75) is 78.1 Å². The minimum Gasteiger partial charge on any atom is -0.463 e. The predicted molar refractivity (Wildman–Crippen MR) is 120 cm³/mol. The van der Waals surface area contributed by atoms with Gasteiger partial charge in [-0.2, -0.15) is 0 Å². The summed E-state index contributed by atoms with van der Waals surface area (Å²) in [5.41, 5.74) is 0.449. The van der Waals surface area contributed by atoms with Crippen molar-refractivity contribution in [1.82, 2.24) is 15.1 Å². The molecule has 178 valence electrons. The van der Waals surface area contributed by atoms with Crippen LogP contribution in [-0.2, 0) is 23.9 Å². The Hall–Kier alpha value is -1.93. The standard InChI is InChI=1S/C23H41N3O5/c1-9-31-23(29)16(4)14-19(15(2)3)26(7)22(28)20(17(5)30-8)24-21(27)18-12-10-11-13-25(18)6/h14-15,17-20H,9-13H2,1-8H3,(H,24,27)/t17-,18-,19-,20+/m1/s1. The lowest BCUT2D eigenvalue weighted by molar-refractivity contribution is -0.142. The normalized spacial score (nSPS) is 20.7. The van der Waals surface area contributed by atoms with Gasteiger partial charge >= 0.3 is 5.97 Å². The van der Waals surface area contributed by atoms with Crippen LogP contribution in [0, 0.1) is 5.92 Å². The van der Waals surface area contributed by atoms with E-state index in [2.05, 4.69) is 5.32 Å². The van der Waals surface area contributed by atoms with Gasteiger partial charge in [0, 0.05) is 19.7 Å². The highest BCUT2D eigenvalue weighted by molar-refractivity contribution is 5.91. The summed E-state index contributed by atoms with van der Waals surface area (Å²) in [5.74, 6) is -0.758. The number of likely N-dealkylation sites (tertiary alicyclic amines) is 1. The molecule has 0 aromatic heterocycles. The number of nitrogens with one attached hydrogen (secondary N) is 1. The van der Waals surface area contributed by atoms with Crippen molar-refractivity contribution < 1.29 is 23.9 Å². The van der Waals surface area contributed by atoms with Crippen LogP contribution in [0.15, 0.2) is 11.6 Å². The monoisotopic (exact) mass is 439 g/mol. The molecular weight excluding hydrogens is 398 g/mol. The maximum atomic E-state index is 13.4. The molecule has 1 fully saturated rings. The summed E-state index contributed by atoms with van der Waals surface area (Å²) < 4.78 is 10.5. The van der Waals surface area contributed by atoms with Crippen LogP contribution in [0.5, 0.6) is 0 Å². The van der Waals surface area contributed by atoms with Crippen molar-refractivity contribution in [3.05, 3.63) is 11.6 Å². The lowest BCUT2D eigenvalue weighted by atomic mass is 9.98. The number of methoxy groups -OCH3 is 1. The molecule has 1 N–H and O–H groups in total. The smallest absolute Gasteiger partial charge is 0.333 e. The first kappa shape index (κ1) is 27.1. The van der Waals surface area contributed by atoms with Gasteiger partial charge in [-0.15, -0.1) is 0 Å². The van der Waals surface area contributed by atoms with Crippen LogP contribution in [0.25, 0.3) is 0 Å². The van der Waals surface area contributed by atoms with E-state index in [1.54, 1.807) is 38.8 Å². The number of carbonyl (C=O) groups excluding carboxylic acids is 3. The molecular formula is C23H41N3O5. The van der Waals surface area contributed by atoms with Crippen molar-refractivity contribution in [2.75, 3.05) is 34.4 Å². The van der Waals surface area contributed by atoms with Crippen LogP contribution in [0.1, 0.15) is 53.9 Å². The summed E-state index contributed by atoms with van der Waals surface area (Å²) in [6, 6.07) is -1.40. The molecule has 0 saturated carbocycles. The Labute approximate surface area is 187 Å². The van der Waals surface area contributed by atoms with Crippen LogP contribution in [0.4, 0.5) is 0 Å². The van der Waals surface area contributed by atoms with Crippen LogP contribution < -0.4 is 5.32 Å². The maximum Gasteiger partial charge on any atom is 0.333 e. The number of amides is 2. The van der Waals surface area contributed by atoms with Crippen molar-refractivity contribution in [1.29, 1.82) is 0 Å². The van der Waals surface area contributed by atoms with Gasteiger partial charge < -0.3 is 19.7 Å². The number of likely N-dealkylation sites (N-methyl/N-ethyl adjacent to an activating group) is 2. The summed E-state index contributed by atoms with van der Waals surface area (Å²) in [4.78, 5) is 42.1. The van der Waals surface area contributed by atoms with Crippen molar-refractivity contribution in [2.24, 2.45) is 5.92 Å². The van der Waals surface area contributed by atoms with E-state index in [4.69, 9.17) is 9.47 Å². The second kappa shape index (κ2) is 12.8. The molecule has 0 unspecified atom stereocenters. The van der Waals surface area contributed by atoms with Gasteiger partial charge in [0.1, 0.15) is 6.04 Å². The zero-order valence-electron chi connectivity index (χ0n) is 20.4. The second-order valence-corrected chi connectivity index (χ2v) is 8.67. The minimum atomic E-state index is -0.824. The van der Waals surface area contributed by atoms with E-state index in [9.17, 15) is 14.4 Å². The van der Waals surface area contributed by atoms with E-state index in [-0.39, 0.29) is 29.8 Å². The molecule has 1 heterocycles. The lowest BCUT2D eigenvalue weighted by Gasteiger charge is -2.36. The fourth-order valence-corrected chi connectivity index (χ4v) is 3.86. The van der Waals surface area contributed by atoms with Gasteiger partial charge in [0.25, 0.3) is 0 Å². The second-order valence-electron chi connectivity index (χ2n) is 8.67. The molecule has 0 aromatic carbocycles. The molecule has 1 aliphatic rings. The van der Waals surface area contributed by atoms with Gasteiger partial charge in [0.05, 0.1) is 24.8 Å². The van der Waals surface area contributed by atoms with E-state index in [0.717, 1.165) is 25.8 Å². The molecule has 1 aliphatic heterocycles. The zero-order valence-corrected chi connectivity index (χ0v) is 20.4. The van der Waals surface area contributed by atoms with E-state index in [0.29, 0.717) is 12.2 Å². The van der Waals surface area contributed by atoms with Crippen LogP contribution in [-0.4, -0.2) is 86.2 Å². The van der Waals surface area contributed by atoms with E-state index >= 15 is 0 Å². The lowest BCUT2D eigenvalue weighted by Crippen LogP contribution is -2.59. The number of esters is 1. The summed E-state index contributed by atoms with van der Waals surface area (Å²) in [6.45, 7) is 10.3. The number of nitrogens with zero attached hydrogens (tertiary/aromatic N) is 2. The molecule has 31 heavy (non-hydrogen) atoms. The average Bonchev–Trinajstić information content (AvgIpc) is 2.74. The van der Waals surface area contributed by atoms with Gasteiger partial charge in [-0.3, -0.25) is 14.5 Å². The number of piperidine rings is 1. The highest BCUT2D eigenvalue weighted by Gasteiger charge is 2.35. The minimum absolute atomic E-state index is 0.0528. The molecule has 0 spiro atoms. The van der Waals surface area contributed by atoms with Gasteiger partial charge in [-0.05, 0) is 53.1 Å². The Morgan fingerprint density at radius 2 is 1.87 bits per heavy atom. The number of carbonyl (C=O) groups is 3. The van der Waals surface area contributed by atoms with E-state index in [1.807, 2.05) is 25.8 Å². The van der Waals surface area contributed by atoms with Crippen LogP contribution in [0.3, 0.4) is 0 Å². The average molecular weight is 440 g/mol. The molecule has 4 atom stereocenters. The SMILES string of the molecule is CCOC(=O)C(C)=C[C@H](C(C)C)N(C)C(=O)[C@@H](NC(=O)[C@H]1CCCCN1C)[C@@H](C)OC. The maximum absolute atomic E-state index is 13.4. The third-order valence-corrected chi connectivity index (χ3v) is 5.97. The molecule has 8 nitrogen and oxygen atoms in total. The Balaban J connectivity index is 3.06. The quantitative estimate of drug-likeness (QED) is 0.414. The summed E-state index contributed by atoms with van der Waals surface area (Å²) >= 11 is 0. The summed E-state index contributed by atoms with van der Waals surface area (Å²) in [7, 11) is 5.15. The molecule has 0 radical (unpaired) electrons. The molecule has 1 saturated heterocycles. The largest absolute Gasteiger partial charge is 0.463 e. The van der Waals surface area contributed by atoms with Crippen LogP contribution >= 0.6 is 0 Å². The molecule has 1 rings (SSSR count). The van der Waals surface area contributed by atoms with Crippen molar-refractivity contribution >= 4 is 17.8 Å². The Morgan fingerprint density at radius 1 is 1.23 bits per heavy atom. The number of rotatable bonds is 10. The Morgan fingerprint density at radius 3 is 2.39 bits per heavy atom. The third kappa shape index (κ3) is 7.61. The van der Waals surface area contributed by atoms with E-state index < -0.39 is 18.1 Å². The summed E-state index contributed by atoms with van der Waals surface area (Å²) in [5, 5.41) is 2.93. The number of hydrogen-bond donors (Lipinski definition) is 1. The first-order chi connectivity index (χ1) is 14.5. The molecule has 0 bridgehead atoms. The molecule has 0 aliphatic carbocycles. The first-order valence-electron chi connectivity index (χ1n) is 11.2. The third-order valence-electron chi connectivity index (χ3n) is 5.97. The van der Waals surface area contributed by atoms with Gasteiger partial charge in [-0.1, -0.05) is 26.3 Å². The first-order valence-corrected chi connectivity index (χ1v) is 11.2. The fourth-order valence-electron chi connectivity index (χ4n) is 3.86. The molecule has 8 heteroatoms. The van der Waals surface area contributed by atoms with Gasteiger partial charge in [-0.25, -0.2) is 4.79 Å². The highest BCUT2D eigenvalue weighted by atomic mass is 16.5. The summed E-state index contributed by atoms with van der Waals surface area (Å²) in [6.07, 6.45) is 4.09. The fraction of sp³-hybridized carbons (Fsp3) is 0.783. The molecule has 0 aromatic rings. The predicted octanol–water partition coefficient (Wildman–Crippen LogP) is 1.98. The van der Waals surface area contributed by atoms with Gasteiger partial charge in [0.2, 0.25) is 11.8 Å². The Bertz CT molecular complexity index is 649. The van der Waals surface area contributed by atoms with E-state index in [1.165, 1.54) is 7.11 Å². The van der Waals surface area contributed by atoms with Crippen molar-refractivity contribution in [3.8, 4) is 0 Å². The number of ether oxygens (including phenoxy) is 2. The highest BCUT2D eigenvalue weighted by Crippen LogP contribution is 2.18. The Kier molecular flexibility index (Phi) is 11.2. The zero-order chi connectivity index (χ0) is 23.7. The number of hydrogen-bond acceptors (Lipinski definition) is 6. The topological polar surface area (TPSA) is 88.2 Å². The van der Waals surface area contributed by atoms with Crippen molar-refractivity contribution in [3.63, 3.8) is 0 Å².